The third-order valence-corrected chi connectivity index (χ3v) is 4.06. The smallest absolute Gasteiger partial charge is 0.184 e. The van der Waals surface area contributed by atoms with Crippen molar-refractivity contribution in [1.82, 2.24) is 5.43 Å². The molecule has 0 saturated heterocycles. The van der Waals surface area contributed by atoms with Crippen molar-refractivity contribution in [2.75, 3.05) is 5.75 Å². The van der Waals surface area contributed by atoms with Crippen molar-refractivity contribution >= 4 is 44.5 Å². The van der Waals surface area contributed by atoms with E-state index in [1.807, 2.05) is 0 Å². The largest absolute Gasteiger partial charge is 0.375 e. The molecule has 5 nitrogen and oxygen atoms in total. The quantitative estimate of drug-likeness (QED) is 0.498. The number of benzene rings is 1. The molecule has 0 heterocycles. The Kier molecular flexibility index (Phi) is 5.06. The molecule has 3 N–H and O–H groups in total. The number of nitrogens with zero attached hydrogens (tertiary/aromatic N) is 1. The summed E-state index contributed by atoms with van der Waals surface area (Å²) in [6.07, 6.45) is 0. The molecule has 1 aromatic carbocycles. The summed E-state index contributed by atoms with van der Waals surface area (Å²) in [5.41, 5.74) is 7.88. The molecule has 18 heavy (non-hydrogen) atoms. The molecule has 0 aliphatic carbocycles. The molecular weight excluding hydrogens is 294 g/mol. The predicted octanol–water partition coefficient (Wildman–Crippen LogP) is 1.32. The Labute approximate surface area is 116 Å². The SMILES string of the molecule is C/C(CS(=O)(=O)c1ccc(Cl)cc1)=N\NC(N)=S. The van der Waals surface area contributed by atoms with Crippen molar-refractivity contribution in [3.05, 3.63) is 29.3 Å². The molecule has 1 aromatic rings. The van der Waals surface area contributed by atoms with E-state index in [4.69, 9.17) is 17.3 Å². The molecule has 0 aliphatic rings. The number of nitrogens with one attached hydrogen (secondary N) is 1. The van der Waals surface area contributed by atoms with Crippen molar-refractivity contribution in [2.45, 2.75) is 11.8 Å². The third kappa shape index (κ3) is 4.59. The van der Waals surface area contributed by atoms with E-state index in [1.165, 1.54) is 24.3 Å². The summed E-state index contributed by atoms with van der Waals surface area (Å²) in [7, 11) is -3.44. The second-order valence-electron chi connectivity index (χ2n) is 3.54. The summed E-state index contributed by atoms with van der Waals surface area (Å²) in [5, 5.41) is 4.21. The molecule has 8 heteroatoms. The first-order chi connectivity index (χ1) is 8.31. The lowest BCUT2D eigenvalue weighted by molar-refractivity contribution is 0.599. The van der Waals surface area contributed by atoms with Crippen LogP contribution in [0.3, 0.4) is 0 Å². The Bertz CT molecular complexity index is 567. The average molecular weight is 306 g/mol. The molecule has 0 bridgehead atoms. The van der Waals surface area contributed by atoms with Gasteiger partial charge in [-0.1, -0.05) is 11.6 Å². The molecule has 0 fully saturated rings. The number of sulfone groups is 1. The predicted molar refractivity (Wildman–Crippen MR) is 76.5 cm³/mol. The summed E-state index contributed by atoms with van der Waals surface area (Å²) < 4.78 is 24.0. The normalized spacial score (nSPS) is 12.2. The van der Waals surface area contributed by atoms with E-state index in [-0.39, 0.29) is 15.8 Å². The van der Waals surface area contributed by atoms with E-state index < -0.39 is 9.84 Å². The van der Waals surface area contributed by atoms with Crippen LogP contribution in [-0.2, 0) is 9.84 Å². The maximum Gasteiger partial charge on any atom is 0.184 e. The van der Waals surface area contributed by atoms with Gasteiger partial charge in [0.15, 0.2) is 14.9 Å². The summed E-state index contributed by atoms with van der Waals surface area (Å²) in [6.45, 7) is 1.57. The van der Waals surface area contributed by atoms with Crippen LogP contribution in [0.2, 0.25) is 5.02 Å². The molecule has 0 atom stereocenters. The summed E-state index contributed by atoms with van der Waals surface area (Å²) >= 11 is 10.3. The van der Waals surface area contributed by atoms with E-state index in [2.05, 4.69) is 22.7 Å². The number of hydrogen-bond acceptors (Lipinski definition) is 4. The van der Waals surface area contributed by atoms with E-state index in [0.717, 1.165) is 0 Å². The maximum absolute atomic E-state index is 12.0. The van der Waals surface area contributed by atoms with Crippen molar-refractivity contribution in [2.24, 2.45) is 10.8 Å². The molecule has 0 spiro atoms. The van der Waals surface area contributed by atoms with Crippen LogP contribution in [0.5, 0.6) is 0 Å². The van der Waals surface area contributed by atoms with Gasteiger partial charge in [-0.3, -0.25) is 5.43 Å². The average Bonchev–Trinajstić information content (AvgIpc) is 2.26. The fourth-order valence-corrected chi connectivity index (χ4v) is 2.69. The van der Waals surface area contributed by atoms with E-state index >= 15 is 0 Å². The molecular formula is C10H12ClN3O2S2. The van der Waals surface area contributed by atoms with Gasteiger partial charge in [0.05, 0.1) is 16.4 Å². The number of rotatable bonds is 4. The Morgan fingerprint density at radius 3 is 2.50 bits per heavy atom. The minimum Gasteiger partial charge on any atom is -0.375 e. The van der Waals surface area contributed by atoms with Crippen LogP contribution in [0.1, 0.15) is 6.92 Å². The van der Waals surface area contributed by atoms with Gasteiger partial charge in [0.25, 0.3) is 0 Å². The highest BCUT2D eigenvalue weighted by Gasteiger charge is 2.15. The first-order valence-electron chi connectivity index (χ1n) is 4.88. The number of hydrogen-bond donors (Lipinski definition) is 2. The molecule has 0 amide bonds. The molecule has 1 rings (SSSR count). The molecule has 0 unspecified atom stereocenters. The highest BCUT2D eigenvalue weighted by molar-refractivity contribution is 7.92. The zero-order chi connectivity index (χ0) is 13.8. The molecule has 0 radical (unpaired) electrons. The van der Waals surface area contributed by atoms with Gasteiger partial charge in [-0.15, -0.1) is 0 Å². The minimum atomic E-state index is -3.44. The van der Waals surface area contributed by atoms with Gasteiger partial charge in [0.2, 0.25) is 0 Å². The highest BCUT2D eigenvalue weighted by Crippen LogP contribution is 2.15. The second kappa shape index (κ2) is 6.12. The number of hydrazone groups is 1. The van der Waals surface area contributed by atoms with Crippen LogP contribution in [0.15, 0.2) is 34.3 Å². The van der Waals surface area contributed by atoms with Gasteiger partial charge < -0.3 is 5.73 Å². The summed E-state index contributed by atoms with van der Waals surface area (Å²) in [5.74, 6) is -0.218. The second-order valence-corrected chi connectivity index (χ2v) is 6.40. The monoisotopic (exact) mass is 305 g/mol. The molecule has 0 aromatic heterocycles. The Hall–Kier alpha value is -1.18. The van der Waals surface area contributed by atoms with Crippen LogP contribution < -0.4 is 11.2 Å². The van der Waals surface area contributed by atoms with E-state index in [0.29, 0.717) is 10.7 Å². The topological polar surface area (TPSA) is 84.5 Å². The molecule has 0 aliphatic heterocycles. The van der Waals surface area contributed by atoms with E-state index in [9.17, 15) is 8.42 Å². The van der Waals surface area contributed by atoms with Crippen molar-refractivity contribution < 1.29 is 8.42 Å². The number of thiocarbonyl (C=S) groups is 1. The zero-order valence-corrected chi connectivity index (χ0v) is 11.9. The van der Waals surface area contributed by atoms with Crippen LogP contribution in [0.4, 0.5) is 0 Å². The Balaban J connectivity index is 2.85. The first-order valence-corrected chi connectivity index (χ1v) is 7.32. The van der Waals surface area contributed by atoms with Crippen molar-refractivity contribution in [1.29, 1.82) is 0 Å². The Morgan fingerprint density at radius 1 is 1.44 bits per heavy atom. The number of nitrogens with two attached hydrogens (primary N) is 1. The molecule has 0 saturated carbocycles. The van der Waals surface area contributed by atoms with Gasteiger partial charge in [0, 0.05) is 5.02 Å². The maximum atomic E-state index is 12.0. The number of halogens is 1. The highest BCUT2D eigenvalue weighted by atomic mass is 35.5. The van der Waals surface area contributed by atoms with Crippen molar-refractivity contribution in [3.8, 4) is 0 Å². The first kappa shape index (κ1) is 14.9. The Morgan fingerprint density at radius 2 is 2.00 bits per heavy atom. The van der Waals surface area contributed by atoms with Gasteiger partial charge in [-0.25, -0.2) is 8.42 Å². The van der Waals surface area contributed by atoms with Gasteiger partial charge in [-0.2, -0.15) is 5.10 Å². The van der Waals surface area contributed by atoms with Gasteiger partial charge in [-0.05, 0) is 43.4 Å². The fourth-order valence-electron chi connectivity index (χ4n) is 1.18. The van der Waals surface area contributed by atoms with Crippen LogP contribution in [0, 0.1) is 0 Å². The summed E-state index contributed by atoms with van der Waals surface area (Å²) in [6, 6.07) is 5.94. The van der Waals surface area contributed by atoms with Gasteiger partial charge >= 0.3 is 0 Å². The van der Waals surface area contributed by atoms with Crippen LogP contribution in [0.25, 0.3) is 0 Å². The van der Waals surface area contributed by atoms with Gasteiger partial charge in [0.1, 0.15) is 0 Å². The van der Waals surface area contributed by atoms with E-state index in [1.54, 1.807) is 6.92 Å². The lowest BCUT2D eigenvalue weighted by atomic mass is 10.4. The lowest BCUT2D eigenvalue weighted by Crippen LogP contribution is -2.26. The zero-order valence-electron chi connectivity index (χ0n) is 9.55. The van der Waals surface area contributed by atoms with Crippen molar-refractivity contribution in [3.63, 3.8) is 0 Å². The lowest BCUT2D eigenvalue weighted by Gasteiger charge is -2.04. The van der Waals surface area contributed by atoms with Crippen LogP contribution >= 0.6 is 23.8 Å². The summed E-state index contributed by atoms with van der Waals surface area (Å²) in [4.78, 5) is 0.191. The van der Waals surface area contributed by atoms with Crippen LogP contribution in [-0.4, -0.2) is 25.0 Å². The minimum absolute atomic E-state index is 0.0155. The fraction of sp³-hybridized carbons (Fsp3) is 0.200. The molecule has 98 valence electrons. The standard InChI is InChI=1S/C10H12ClN3O2S2/c1-7(13-14-10(12)17)6-18(15,16)9-4-2-8(11)3-5-9/h2-5H,6H2,1H3,(H3,12,14,17)/b13-7+. The third-order valence-electron chi connectivity index (χ3n) is 1.93.